The van der Waals surface area contributed by atoms with Gasteiger partial charge in [-0.1, -0.05) is 16.8 Å². The first kappa shape index (κ1) is 14.6. The second-order valence-electron chi connectivity index (χ2n) is 6.11. The zero-order valence-electron chi connectivity index (χ0n) is 12.8. The van der Waals surface area contributed by atoms with Crippen LogP contribution in [0.25, 0.3) is 0 Å². The van der Waals surface area contributed by atoms with Crippen LogP contribution in [0.5, 0.6) is 5.75 Å². The van der Waals surface area contributed by atoms with Crippen molar-refractivity contribution < 1.29 is 14.1 Å². The molecule has 0 bridgehead atoms. The van der Waals surface area contributed by atoms with Crippen LogP contribution < -0.4 is 4.74 Å². The van der Waals surface area contributed by atoms with Crippen LogP contribution in [0.1, 0.15) is 35.9 Å². The highest BCUT2D eigenvalue weighted by atomic mass is 35.5. The largest absolute Gasteiger partial charge is 0.480 e. The maximum absolute atomic E-state index is 12.9. The molecule has 2 atom stereocenters. The molecule has 0 saturated carbocycles. The molecule has 6 heteroatoms. The van der Waals surface area contributed by atoms with Gasteiger partial charge in [0.1, 0.15) is 17.2 Å². The summed E-state index contributed by atoms with van der Waals surface area (Å²) in [7, 11) is 0. The van der Waals surface area contributed by atoms with Crippen LogP contribution in [0, 0.1) is 6.92 Å². The van der Waals surface area contributed by atoms with Crippen LogP contribution in [0.4, 0.5) is 0 Å². The highest BCUT2D eigenvalue weighted by molar-refractivity contribution is 6.30. The van der Waals surface area contributed by atoms with E-state index in [1.807, 2.05) is 30.0 Å². The molecular formula is C17H17ClN2O3. The molecule has 4 rings (SSSR count). The summed E-state index contributed by atoms with van der Waals surface area (Å²) in [5, 5.41) is 4.75. The van der Waals surface area contributed by atoms with Crippen LogP contribution >= 0.6 is 11.6 Å². The van der Waals surface area contributed by atoms with Gasteiger partial charge in [0.2, 0.25) is 0 Å². The summed E-state index contributed by atoms with van der Waals surface area (Å²) in [6, 6.07) is 7.36. The van der Waals surface area contributed by atoms with E-state index in [9.17, 15) is 4.79 Å². The monoisotopic (exact) mass is 332 g/mol. The normalized spacial score (nSPS) is 23.0. The number of carbonyl (C=O) groups excluding carboxylic acids is 1. The Hall–Kier alpha value is -2.01. The number of benzene rings is 1. The van der Waals surface area contributed by atoms with Crippen molar-refractivity contribution in [3.63, 3.8) is 0 Å². The molecule has 1 aromatic heterocycles. The third-order valence-corrected chi connectivity index (χ3v) is 4.73. The first-order valence-corrected chi connectivity index (χ1v) is 8.18. The first-order valence-electron chi connectivity index (χ1n) is 7.80. The number of likely N-dealkylation sites (tertiary alicyclic amines) is 1. The maximum atomic E-state index is 12.9. The summed E-state index contributed by atoms with van der Waals surface area (Å²) in [6.45, 7) is 2.59. The third kappa shape index (κ3) is 2.59. The van der Waals surface area contributed by atoms with Crippen molar-refractivity contribution in [1.82, 2.24) is 10.1 Å². The van der Waals surface area contributed by atoms with Crippen LogP contribution in [-0.2, 0) is 11.2 Å². The minimum Gasteiger partial charge on any atom is -0.480 e. The molecule has 1 aromatic carbocycles. The fourth-order valence-corrected chi connectivity index (χ4v) is 3.62. The van der Waals surface area contributed by atoms with Gasteiger partial charge in [0, 0.05) is 24.1 Å². The molecule has 1 fully saturated rings. The summed E-state index contributed by atoms with van der Waals surface area (Å²) in [4.78, 5) is 14.8. The highest BCUT2D eigenvalue weighted by Crippen LogP contribution is 2.36. The van der Waals surface area contributed by atoms with Crippen LogP contribution in [0.2, 0.25) is 5.02 Å². The van der Waals surface area contributed by atoms with Gasteiger partial charge in [0.05, 0.1) is 6.04 Å². The van der Waals surface area contributed by atoms with Gasteiger partial charge in [-0.2, -0.15) is 0 Å². The third-order valence-electron chi connectivity index (χ3n) is 4.50. The minimum absolute atomic E-state index is 0.0143. The van der Waals surface area contributed by atoms with E-state index in [1.165, 1.54) is 0 Å². The molecule has 0 radical (unpaired) electrons. The van der Waals surface area contributed by atoms with E-state index in [-0.39, 0.29) is 11.9 Å². The van der Waals surface area contributed by atoms with Gasteiger partial charge in [0.15, 0.2) is 6.10 Å². The van der Waals surface area contributed by atoms with Gasteiger partial charge in [-0.15, -0.1) is 0 Å². The summed E-state index contributed by atoms with van der Waals surface area (Å²) >= 11 is 6.01. The zero-order valence-corrected chi connectivity index (χ0v) is 13.5. The van der Waals surface area contributed by atoms with E-state index in [1.54, 1.807) is 6.07 Å². The Morgan fingerprint density at radius 2 is 2.26 bits per heavy atom. The van der Waals surface area contributed by atoms with Crippen molar-refractivity contribution in [1.29, 1.82) is 0 Å². The predicted molar refractivity (Wildman–Crippen MR) is 84.5 cm³/mol. The average Bonchev–Trinajstić information content (AvgIpc) is 3.23. The van der Waals surface area contributed by atoms with E-state index in [0.29, 0.717) is 11.4 Å². The van der Waals surface area contributed by atoms with E-state index in [2.05, 4.69) is 5.16 Å². The molecule has 2 aliphatic rings. The fourth-order valence-electron chi connectivity index (χ4n) is 3.42. The van der Waals surface area contributed by atoms with Crippen molar-refractivity contribution in [2.75, 3.05) is 6.54 Å². The Morgan fingerprint density at radius 1 is 1.39 bits per heavy atom. The van der Waals surface area contributed by atoms with Crippen LogP contribution in [-0.4, -0.2) is 28.6 Å². The first-order chi connectivity index (χ1) is 11.1. The lowest BCUT2D eigenvalue weighted by Crippen LogP contribution is -2.41. The number of aromatic nitrogens is 1. The Morgan fingerprint density at radius 3 is 3.04 bits per heavy atom. The number of rotatable bonds is 2. The Balaban J connectivity index is 1.53. The summed E-state index contributed by atoms with van der Waals surface area (Å²) in [5.41, 5.74) is 1.82. The number of aryl methyl sites for hydroxylation is 1. The van der Waals surface area contributed by atoms with Gasteiger partial charge in [0.25, 0.3) is 5.91 Å². The maximum Gasteiger partial charge on any atom is 0.264 e. The van der Waals surface area contributed by atoms with Crippen LogP contribution in [0.15, 0.2) is 28.8 Å². The SMILES string of the molecule is Cc1cc([C@H]2CCCN2C(=O)[C@H]2Cc3cc(Cl)ccc3O2)no1. The minimum atomic E-state index is -0.475. The predicted octanol–water partition coefficient (Wildman–Crippen LogP) is 3.30. The van der Waals surface area contributed by atoms with Crippen molar-refractivity contribution in [2.45, 2.75) is 38.3 Å². The number of amides is 1. The molecule has 0 N–H and O–H groups in total. The molecule has 5 nitrogen and oxygen atoms in total. The molecule has 1 amide bonds. The van der Waals surface area contributed by atoms with E-state index < -0.39 is 6.10 Å². The molecule has 2 aromatic rings. The number of ether oxygens (including phenoxy) is 1. The van der Waals surface area contributed by atoms with Gasteiger partial charge in [-0.3, -0.25) is 4.79 Å². The van der Waals surface area contributed by atoms with Gasteiger partial charge < -0.3 is 14.2 Å². The molecule has 23 heavy (non-hydrogen) atoms. The quantitative estimate of drug-likeness (QED) is 0.846. The van der Waals surface area contributed by atoms with Gasteiger partial charge >= 0.3 is 0 Å². The summed E-state index contributed by atoms with van der Waals surface area (Å²) < 4.78 is 11.0. The Labute approximate surface area is 139 Å². The second-order valence-corrected chi connectivity index (χ2v) is 6.55. The highest BCUT2D eigenvalue weighted by Gasteiger charge is 2.39. The number of hydrogen-bond acceptors (Lipinski definition) is 4. The Bertz CT molecular complexity index is 758. The van der Waals surface area contributed by atoms with Gasteiger partial charge in [-0.05, 0) is 43.5 Å². The van der Waals surface area contributed by atoms with E-state index in [4.69, 9.17) is 20.9 Å². The molecule has 120 valence electrons. The lowest BCUT2D eigenvalue weighted by atomic mass is 10.1. The van der Waals surface area contributed by atoms with Gasteiger partial charge in [-0.25, -0.2) is 0 Å². The summed E-state index contributed by atoms with van der Waals surface area (Å²) in [6.07, 6.45) is 1.96. The van der Waals surface area contributed by atoms with E-state index >= 15 is 0 Å². The standard InChI is InChI=1S/C17H17ClN2O3/c1-10-7-13(19-23-10)14-3-2-6-20(14)17(21)16-9-11-8-12(18)4-5-15(11)22-16/h4-5,7-8,14,16H,2-3,6,9H2,1H3/t14-,16-/m1/s1. The van der Waals surface area contributed by atoms with Crippen molar-refractivity contribution in [2.24, 2.45) is 0 Å². The van der Waals surface area contributed by atoms with Crippen molar-refractivity contribution in [3.05, 3.63) is 46.3 Å². The van der Waals surface area contributed by atoms with Crippen molar-refractivity contribution >= 4 is 17.5 Å². The molecule has 0 aliphatic carbocycles. The second kappa shape index (κ2) is 5.57. The molecular weight excluding hydrogens is 316 g/mol. The molecule has 3 heterocycles. The number of hydrogen-bond donors (Lipinski definition) is 0. The average molecular weight is 333 g/mol. The smallest absolute Gasteiger partial charge is 0.264 e. The molecule has 0 spiro atoms. The number of carbonyl (C=O) groups is 1. The molecule has 0 unspecified atom stereocenters. The number of fused-ring (bicyclic) bond motifs is 1. The van der Waals surface area contributed by atoms with E-state index in [0.717, 1.165) is 42.2 Å². The topological polar surface area (TPSA) is 55.6 Å². The number of nitrogens with zero attached hydrogens (tertiary/aromatic N) is 2. The number of halogens is 1. The fraction of sp³-hybridized carbons (Fsp3) is 0.412. The summed E-state index contributed by atoms with van der Waals surface area (Å²) in [5.74, 6) is 1.53. The van der Waals surface area contributed by atoms with Crippen molar-refractivity contribution in [3.8, 4) is 5.75 Å². The Kier molecular flexibility index (Phi) is 3.53. The van der Waals surface area contributed by atoms with Crippen LogP contribution in [0.3, 0.4) is 0 Å². The molecule has 1 saturated heterocycles. The lowest BCUT2D eigenvalue weighted by molar-refractivity contribution is -0.139. The molecule has 2 aliphatic heterocycles. The lowest BCUT2D eigenvalue weighted by Gasteiger charge is -2.25. The zero-order chi connectivity index (χ0) is 16.0.